The van der Waals surface area contributed by atoms with Crippen LogP contribution in [-0.4, -0.2) is 69.7 Å². The molecule has 0 amide bonds. The van der Waals surface area contributed by atoms with Crippen LogP contribution in [0.2, 0.25) is 0 Å². The molecule has 2 rings (SSSR count). The average Bonchev–Trinajstić information content (AvgIpc) is 2.39. The van der Waals surface area contributed by atoms with Crippen LogP contribution in [0, 0.1) is 5.41 Å². The number of hydrogen-bond acceptors (Lipinski definition) is 4. The lowest BCUT2D eigenvalue weighted by molar-refractivity contribution is 0.0837. The van der Waals surface area contributed by atoms with Gasteiger partial charge in [0.25, 0.3) is 0 Å². The second kappa shape index (κ2) is 6.08. The predicted molar refractivity (Wildman–Crippen MR) is 77.7 cm³/mol. The standard InChI is InChI=1S/C13H27N3O2S/c1-3-13(4-6-14-7-5-13)12-15-8-10-16(11-9-15)19(2,17)18/h14H,3-12H2,1-2H3. The Bertz CT molecular complexity index is 383. The first-order chi connectivity index (χ1) is 8.95. The third-order valence-corrected chi connectivity index (χ3v) is 6.08. The molecule has 0 aliphatic carbocycles. The van der Waals surface area contributed by atoms with E-state index >= 15 is 0 Å². The highest BCUT2D eigenvalue weighted by Crippen LogP contribution is 2.33. The van der Waals surface area contributed by atoms with Crippen LogP contribution in [0.15, 0.2) is 0 Å². The first-order valence-corrected chi connectivity index (χ1v) is 9.18. The Morgan fingerprint density at radius 1 is 1.11 bits per heavy atom. The summed E-state index contributed by atoms with van der Waals surface area (Å²) in [4.78, 5) is 2.45. The SMILES string of the molecule is CCC1(CN2CCN(S(C)(=O)=O)CC2)CCNCC1. The van der Waals surface area contributed by atoms with E-state index in [0.29, 0.717) is 18.5 Å². The smallest absolute Gasteiger partial charge is 0.211 e. The fourth-order valence-electron chi connectivity index (χ4n) is 3.27. The Balaban J connectivity index is 1.88. The van der Waals surface area contributed by atoms with Crippen LogP contribution in [0.4, 0.5) is 0 Å². The number of sulfonamides is 1. The second-order valence-electron chi connectivity index (χ2n) is 6.04. The zero-order valence-electron chi connectivity index (χ0n) is 12.2. The van der Waals surface area contributed by atoms with Gasteiger partial charge in [-0.2, -0.15) is 4.31 Å². The minimum atomic E-state index is -3.01. The second-order valence-corrected chi connectivity index (χ2v) is 8.02. The molecule has 0 spiro atoms. The highest BCUT2D eigenvalue weighted by atomic mass is 32.2. The van der Waals surface area contributed by atoms with Crippen molar-refractivity contribution >= 4 is 10.0 Å². The number of piperidine rings is 1. The molecule has 112 valence electrons. The molecule has 0 aromatic heterocycles. The molecule has 0 radical (unpaired) electrons. The maximum atomic E-state index is 11.5. The van der Waals surface area contributed by atoms with Crippen LogP contribution in [0.1, 0.15) is 26.2 Å². The summed E-state index contributed by atoms with van der Waals surface area (Å²) in [6.07, 6.45) is 5.02. The molecule has 5 nitrogen and oxygen atoms in total. The lowest BCUT2D eigenvalue weighted by Gasteiger charge is -2.43. The van der Waals surface area contributed by atoms with E-state index in [1.807, 2.05) is 0 Å². The van der Waals surface area contributed by atoms with Gasteiger partial charge in [-0.3, -0.25) is 0 Å². The summed E-state index contributed by atoms with van der Waals surface area (Å²) >= 11 is 0. The first kappa shape index (κ1) is 15.2. The first-order valence-electron chi connectivity index (χ1n) is 7.33. The van der Waals surface area contributed by atoms with Crippen molar-refractivity contribution in [3.05, 3.63) is 0 Å². The molecule has 0 bridgehead atoms. The van der Waals surface area contributed by atoms with Crippen molar-refractivity contribution in [2.24, 2.45) is 5.41 Å². The topological polar surface area (TPSA) is 52.7 Å². The molecule has 2 saturated heterocycles. The van der Waals surface area contributed by atoms with Gasteiger partial charge in [-0.15, -0.1) is 0 Å². The summed E-state index contributed by atoms with van der Waals surface area (Å²) in [5.74, 6) is 0. The molecule has 0 aromatic rings. The Morgan fingerprint density at radius 2 is 1.68 bits per heavy atom. The van der Waals surface area contributed by atoms with Crippen LogP contribution in [0.5, 0.6) is 0 Å². The van der Waals surface area contributed by atoms with Crippen LogP contribution in [0.25, 0.3) is 0 Å². The lowest BCUT2D eigenvalue weighted by atomic mass is 9.76. The normalized spacial score (nSPS) is 26.4. The van der Waals surface area contributed by atoms with E-state index in [4.69, 9.17) is 0 Å². The number of piperazine rings is 1. The van der Waals surface area contributed by atoms with Crippen molar-refractivity contribution < 1.29 is 8.42 Å². The summed E-state index contributed by atoms with van der Waals surface area (Å²) in [6.45, 7) is 8.72. The Morgan fingerprint density at radius 3 is 2.16 bits per heavy atom. The summed E-state index contributed by atoms with van der Waals surface area (Å²) in [5, 5.41) is 3.43. The molecule has 2 fully saturated rings. The van der Waals surface area contributed by atoms with Crippen molar-refractivity contribution in [3.63, 3.8) is 0 Å². The van der Waals surface area contributed by atoms with Gasteiger partial charge in [0.1, 0.15) is 0 Å². The number of rotatable bonds is 4. The maximum Gasteiger partial charge on any atom is 0.211 e. The minimum Gasteiger partial charge on any atom is -0.317 e. The van der Waals surface area contributed by atoms with Gasteiger partial charge in [0, 0.05) is 32.7 Å². The summed E-state index contributed by atoms with van der Waals surface area (Å²) in [7, 11) is -3.01. The largest absolute Gasteiger partial charge is 0.317 e. The van der Waals surface area contributed by atoms with Gasteiger partial charge < -0.3 is 10.2 Å². The zero-order valence-corrected chi connectivity index (χ0v) is 13.0. The van der Waals surface area contributed by atoms with E-state index in [2.05, 4.69) is 17.1 Å². The van der Waals surface area contributed by atoms with E-state index in [-0.39, 0.29) is 0 Å². The third kappa shape index (κ3) is 3.90. The highest BCUT2D eigenvalue weighted by molar-refractivity contribution is 7.88. The van der Waals surface area contributed by atoms with Crippen molar-refractivity contribution in [3.8, 4) is 0 Å². The monoisotopic (exact) mass is 289 g/mol. The molecule has 2 aliphatic rings. The van der Waals surface area contributed by atoms with E-state index < -0.39 is 10.0 Å². The number of nitrogens with one attached hydrogen (secondary N) is 1. The van der Waals surface area contributed by atoms with E-state index in [9.17, 15) is 8.42 Å². The molecule has 1 N–H and O–H groups in total. The molecule has 0 saturated carbocycles. The molecule has 0 atom stereocenters. The van der Waals surface area contributed by atoms with E-state index in [1.54, 1.807) is 4.31 Å². The molecule has 19 heavy (non-hydrogen) atoms. The van der Waals surface area contributed by atoms with E-state index in [1.165, 1.54) is 25.5 Å². The van der Waals surface area contributed by atoms with Crippen molar-refractivity contribution in [1.29, 1.82) is 0 Å². The predicted octanol–water partition coefficient (Wildman–Crippen LogP) is 0.343. The maximum absolute atomic E-state index is 11.5. The Hall–Kier alpha value is -0.170. The fourth-order valence-corrected chi connectivity index (χ4v) is 4.10. The number of hydrogen-bond donors (Lipinski definition) is 1. The molecular formula is C13H27N3O2S. The minimum absolute atomic E-state index is 0.443. The van der Waals surface area contributed by atoms with Gasteiger partial charge in [0.05, 0.1) is 6.26 Å². The average molecular weight is 289 g/mol. The molecule has 0 unspecified atom stereocenters. The van der Waals surface area contributed by atoms with Gasteiger partial charge in [-0.05, 0) is 37.8 Å². The van der Waals surface area contributed by atoms with Gasteiger partial charge in [-0.25, -0.2) is 8.42 Å². The fraction of sp³-hybridized carbons (Fsp3) is 1.00. The third-order valence-electron chi connectivity index (χ3n) is 4.77. The Kier molecular flexibility index (Phi) is 4.87. The lowest BCUT2D eigenvalue weighted by Crippen LogP contribution is -2.52. The number of nitrogens with zero attached hydrogens (tertiary/aromatic N) is 2. The zero-order chi connectivity index (χ0) is 13.9. The van der Waals surface area contributed by atoms with Crippen LogP contribution in [-0.2, 0) is 10.0 Å². The summed E-state index contributed by atoms with van der Waals surface area (Å²) in [6, 6.07) is 0. The van der Waals surface area contributed by atoms with Gasteiger partial charge in [-0.1, -0.05) is 6.92 Å². The molecule has 6 heteroatoms. The van der Waals surface area contributed by atoms with Gasteiger partial charge >= 0.3 is 0 Å². The van der Waals surface area contributed by atoms with Crippen molar-refractivity contribution in [2.75, 3.05) is 52.1 Å². The summed E-state index contributed by atoms with van der Waals surface area (Å²) in [5.41, 5.74) is 0.443. The quantitative estimate of drug-likeness (QED) is 0.811. The van der Waals surface area contributed by atoms with E-state index in [0.717, 1.165) is 32.7 Å². The Labute approximate surface area is 117 Å². The van der Waals surface area contributed by atoms with Crippen LogP contribution >= 0.6 is 0 Å². The highest BCUT2D eigenvalue weighted by Gasteiger charge is 2.33. The van der Waals surface area contributed by atoms with Gasteiger partial charge in [0.15, 0.2) is 0 Å². The van der Waals surface area contributed by atoms with Crippen molar-refractivity contribution in [1.82, 2.24) is 14.5 Å². The van der Waals surface area contributed by atoms with Crippen molar-refractivity contribution in [2.45, 2.75) is 26.2 Å². The van der Waals surface area contributed by atoms with Crippen LogP contribution in [0.3, 0.4) is 0 Å². The molecular weight excluding hydrogens is 262 g/mol. The molecule has 2 heterocycles. The van der Waals surface area contributed by atoms with Gasteiger partial charge in [0.2, 0.25) is 10.0 Å². The summed E-state index contributed by atoms with van der Waals surface area (Å²) < 4.78 is 24.6. The van der Waals surface area contributed by atoms with Crippen LogP contribution < -0.4 is 5.32 Å². The molecule has 2 aliphatic heterocycles. The molecule has 0 aromatic carbocycles.